The molecule has 6 heteroatoms. The normalized spacial score (nSPS) is 17.6. The van der Waals surface area contributed by atoms with Crippen LogP contribution in [-0.2, 0) is 4.79 Å². The van der Waals surface area contributed by atoms with Crippen molar-refractivity contribution >= 4 is 23.2 Å². The fourth-order valence-electron chi connectivity index (χ4n) is 2.46. The van der Waals surface area contributed by atoms with Crippen LogP contribution in [0.3, 0.4) is 0 Å². The Hall–Kier alpha value is -1.46. The zero-order valence-electron chi connectivity index (χ0n) is 12.4. The number of carbonyl (C=O) groups excluding carboxylic acids is 1. The fourth-order valence-corrected chi connectivity index (χ4v) is 2.66. The molecule has 1 amide bonds. The summed E-state index contributed by atoms with van der Waals surface area (Å²) in [5.74, 6) is 1.64. The molecule has 5 nitrogen and oxygen atoms in total. The lowest BCUT2D eigenvalue weighted by atomic mass is 10.0. The van der Waals surface area contributed by atoms with Gasteiger partial charge in [-0.25, -0.2) is 0 Å². The van der Waals surface area contributed by atoms with Gasteiger partial charge in [0.25, 0.3) is 0 Å². The second-order valence-corrected chi connectivity index (χ2v) is 5.54. The van der Waals surface area contributed by atoms with Gasteiger partial charge < -0.3 is 20.1 Å². The van der Waals surface area contributed by atoms with Gasteiger partial charge >= 0.3 is 0 Å². The number of carbonyl (C=O) groups is 1. The molecule has 1 aliphatic rings. The first-order valence-electron chi connectivity index (χ1n) is 7.06. The van der Waals surface area contributed by atoms with Gasteiger partial charge in [0.2, 0.25) is 5.91 Å². The van der Waals surface area contributed by atoms with Gasteiger partial charge in [0.05, 0.1) is 24.9 Å². The lowest BCUT2D eigenvalue weighted by Gasteiger charge is -2.13. The first kappa shape index (κ1) is 15.9. The highest BCUT2D eigenvalue weighted by Crippen LogP contribution is 2.36. The largest absolute Gasteiger partial charge is 0.493 e. The highest BCUT2D eigenvalue weighted by molar-refractivity contribution is 6.34. The van der Waals surface area contributed by atoms with Crippen LogP contribution in [0.2, 0.25) is 5.02 Å². The van der Waals surface area contributed by atoms with E-state index in [9.17, 15) is 4.79 Å². The number of ether oxygens (including phenoxy) is 2. The Morgan fingerprint density at radius 1 is 1.38 bits per heavy atom. The molecule has 1 aromatic carbocycles. The minimum absolute atomic E-state index is 0.0315. The number of nitrogens with one attached hydrogen (secondary N) is 2. The van der Waals surface area contributed by atoms with Crippen LogP contribution in [0.4, 0.5) is 5.69 Å². The fraction of sp³-hybridized carbons (Fsp3) is 0.533. The second kappa shape index (κ2) is 7.52. The Kier molecular flexibility index (Phi) is 5.70. The van der Waals surface area contributed by atoms with Crippen LogP contribution < -0.4 is 20.1 Å². The zero-order chi connectivity index (χ0) is 15.2. The molecule has 0 aliphatic carbocycles. The number of amides is 1. The first-order chi connectivity index (χ1) is 10.1. The van der Waals surface area contributed by atoms with Gasteiger partial charge in [-0.15, -0.1) is 0 Å². The van der Waals surface area contributed by atoms with E-state index in [-0.39, 0.29) is 5.91 Å². The van der Waals surface area contributed by atoms with E-state index in [1.54, 1.807) is 26.4 Å². The molecule has 21 heavy (non-hydrogen) atoms. The molecule has 1 atom stereocenters. The summed E-state index contributed by atoms with van der Waals surface area (Å²) in [7, 11) is 3.09. The molecule has 1 aliphatic heterocycles. The Morgan fingerprint density at radius 3 is 2.71 bits per heavy atom. The molecular formula is C15H21ClN2O3. The van der Waals surface area contributed by atoms with Gasteiger partial charge in [0.15, 0.2) is 11.5 Å². The number of methoxy groups -OCH3 is 2. The molecule has 2 rings (SSSR count). The molecule has 2 N–H and O–H groups in total. The van der Waals surface area contributed by atoms with E-state index in [1.807, 2.05) is 0 Å². The summed E-state index contributed by atoms with van der Waals surface area (Å²) in [4.78, 5) is 12.0. The van der Waals surface area contributed by atoms with Crippen molar-refractivity contribution < 1.29 is 14.3 Å². The molecule has 116 valence electrons. The van der Waals surface area contributed by atoms with Gasteiger partial charge in [0.1, 0.15) is 0 Å². The second-order valence-electron chi connectivity index (χ2n) is 5.13. The third kappa shape index (κ3) is 4.25. The summed E-state index contributed by atoms with van der Waals surface area (Å²) in [6.45, 7) is 2.05. The molecule has 1 aromatic rings. The van der Waals surface area contributed by atoms with Crippen LogP contribution in [0.1, 0.15) is 19.3 Å². The van der Waals surface area contributed by atoms with E-state index in [2.05, 4.69) is 10.6 Å². The van der Waals surface area contributed by atoms with Gasteiger partial charge in [0, 0.05) is 18.6 Å². The van der Waals surface area contributed by atoms with E-state index < -0.39 is 0 Å². The van der Waals surface area contributed by atoms with E-state index in [0.717, 1.165) is 25.9 Å². The van der Waals surface area contributed by atoms with E-state index in [1.165, 1.54) is 0 Å². The van der Waals surface area contributed by atoms with E-state index in [0.29, 0.717) is 34.5 Å². The summed E-state index contributed by atoms with van der Waals surface area (Å²) in [6.07, 6.45) is 2.53. The van der Waals surface area contributed by atoms with Gasteiger partial charge in [-0.1, -0.05) is 11.6 Å². The molecule has 0 aromatic heterocycles. The molecule has 0 radical (unpaired) electrons. The van der Waals surface area contributed by atoms with E-state index in [4.69, 9.17) is 21.1 Å². The van der Waals surface area contributed by atoms with Crippen LogP contribution in [0.15, 0.2) is 12.1 Å². The third-order valence-electron chi connectivity index (χ3n) is 3.69. The first-order valence-corrected chi connectivity index (χ1v) is 7.44. The van der Waals surface area contributed by atoms with E-state index >= 15 is 0 Å². The standard InChI is InChI=1S/C15H21ClN2O3/c1-20-13-7-11(16)12(8-14(13)21-2)18-15(19)4-3-10-5-6-17-9-10/h7-8,10,17H,3-6,9H2,1-2H3,(H,18,19). The van der Waals surface area contributed by atoms with Crippen molar-refractivity contribution in [3.05, 3.63) is 17.2 Å². The molecule has 1 heterocycles. The van der Waals surface area contributed by atoms with Crippen LogP contribution in [0, 0.1) is 5.92 Å². The number of anilines is 1. The molecule has 1 unspecified atom stereocenters. The Bertz CT molecular complexity index is 502. The topological polar surface area (TPSA) is 59.6 Å². The Morgan fingerprint density at radius 2 is 2.10 bits per heavy atom. The number of halogens is 1. The zero-order valence-corrected chi connectivity index (χ0v) is 13.1. The summed E-state index contributed by atoms with van der Waals surface area (Å²) >= 11 is 6.15. The van der Waals surface area contributed by atoms with Gasteiger partial charge in [-0.05, 0) is 31.8 Å². The van der Waals surface area contributed by atoms with Crippen LogP contribution >= 0.6 is 11.6 Å². The maximum Gasteiger partial charge on any atom is 0.224 e. The molecule has 0 saturated carbocycles. The van der Waals surface area contributed by atoms with Crippen molar-refractivity contribution in [2.75, 3.05) is 32.6 Å². The average molecular weight is 313 g/mol. The smallest absolute Gasteiger partial charge is 0.224 e. The number of benzene rings is 1. The average Bonchev–Trinajstić information content (AvgIpc) is 3.00. The lowest BCUT2D eigenvalue weighted by molar-refractivity contribution is -0.116. The minimum Gasteiger partial charge on any atom is -0.493 e. The Labute approximate surface area is 130 Å². The molecule has 0 bridgehead atoms. The van der Waals surface area contributed by atoms with Gasteiger partial charge in [-0.3, -0.25) is 4.79 Å². The third-order valence-corrected chi connectivity index (χ3v) is 4.00. The van der Waals surface area contributed by atoms with Crippen LogP contribution in [0.5, 0.6) is 11.5 Å². The predicted octanol–water partition coefficient (Wildman–Crippen LogP) is 2.69. The van der Waals surface area contributed by atoms with Crippen LogP contribution in [-0.4, -0.2) is 33.2 Å². The highest BCUT2D eigenvalue weighted by Gasteiger charge is 2.17. The number of hydrogen-bond acceptors (Lipinski definition) is 4. The monoisotopic (exact) mass is 312 g/mol. The quantitative estimate of drug-likeness (QED) is 0.848. The highest BCUT2D eigenvalue weighted by atomic mass is 35.5. The molecule has 1 fully saturated rings. The number of rotatable bonds is 6. The summed E-state index contributed by atoms with van der Waals surface area (Å²) < 4.78 is 10.4. The maximum atomic E-state index is 12.0. The Balaban J connectivity index is 1.96. The van der Waals surface area contributed by atoms with Crippen molar-refractivity contribution in [1.29, 1.82) is 0 Å². The van der Waals surface area contributed by atoms with Crippen molar-refractivity contribution in [3.8, 4) is 11.5 Å². The summed E-state index contributed by atoms with van der Waals surface area (Å²) in [5, 5.41) is 6.57. The molecular weight excluding hydrogens is 292 g/mol. The van der Waals surface area contributed by atoms with Gasteiger partial charge in [-0.2, -0.15) is 0 Å². The number of hydrogen-bond donors (Lipinski definition) is 2. The molecule has 0 spiro atoms. The van der Waals surface area contributed by atoms with Crippen molar-refractivity contribution in [2.24, 2.45) is 5.92 Å². The van der Waals surface area contributed by atoms with Crippen molar-refractivity contribution in [1.82, 2.24) is 5.32 Å². The SMILES string of the molecule is COc1cc(Cl)c(NC(=O)CCC2CCNC2)cc1OC. The molecule has 1 saturated heterocycles. The minimum atomic E-state index is -0.0315. The maximum absolute atomic E-state index is 12.0. The summed E-state index contributed by atoms with van der Waals surface area (Å²) in [5.41, 5.74) is 0.545. The predicted molar refractivity (Wildman–Crippen MR) is 83.4 cm³/mol. The van der Waals surface area contributed by atoms with Crippen LogP contribution in [0.25, 0.3) is 0 Å². The lowest BCUT2D eigenvalue weighted by Crippen LogP contribution is -2.15. The van der Waals surface area contributed by atoms with Crippen molar-refractivity contribution in [2.45, 2.75) is 19.3 Å². The van der Waals surface area contributed by atoms with Crippen molar-refractivity contribution in [3.63, 3.8) is 0 Å². The summed E-state index contributed by atoms with van der Waals surface area (Å²) in [6, 6.07) is 3.31.